The largest absolute Gasteiger partial charge is 0.397 e. The summed E-state index contributed by atoms with van der Waals surface area (Å²) in [7, 11) is 0. The molecule has 0 atom stereocenters. The van der Waals surface area contributed by atoms with Crippen LogP contribution >= 0.6 is 0 Å². The van der Waals surface area contributed by atoms with Gasteiger partial charge in [-0.2, -0.15) is 0 Å². The number of hydrogen-bond acceptors (Lipinski definition) is 5. The minimum Gasteiger partial charge on any atom is -0.397 e. The summed E-state index contributed by atoms with van der Waals surface area (Å²) in [4.78, 5) is 16.9. The molecule has 1 saturated heterocycles. The van der Waals surface area contributed by atoms with Crippen molar-refractivity contribution in [3.8, 4) is 5.69 Å². The molecular weight excluding hydrogens is 340 g/mol. The quantitative estimate of drug-likeness (QED) is 0.722. The van der Waals surface area contributed by atoms with Gasteiger partial charge in [0.2, 0.25) is 0 Å². The van der Waals surface area contributed by atoms with Gasteiger partial charge < -0.3 is 15.5 Å². The standard InChI is InChI=1S/C20H22N6O/c1-15-4-2-3-5-17(15)20(27)25-10-8-24(9-11-25)19-7-6-16(12-18(19)21)26-13-22-23-14-26/h2-7,12-14H,8-11,21H2,1H3. The van der Waals surface area contributed by atoms with E-state index in [9.17, 15) is 4.79 Å². The Hall–Kier alpha value is -3.35. The van der Waals surface area contributed by atoms with Crippen LogP contribution < -0.4 is 10.6 Å². The van der Waals surface area contributed by atoms with Crippen LogP contribution in [0, 0.1) is 6.92 Å². The van der Waals surface area contributed by atoms with Crippen LogP contribution in [0.2, 0.25) is 0 Å². The molecule has 1 aromatic heterocycles. The second kappa shape index (κ2) is 7.11. The number of aromatic nitrogens is 3. The Morgan fingerprint density at radius 2 is 1.70 bits per heavy atom. The van der Waals surface area contributed by atoms with Crippen LogP contribution in [0.3, 0.4) is 0 Å². The van der Waals surface area contributed by atoms with Gasteiger partial charge in [0.05, 0.1) is 17.1 Å². The maximum atomic E-state index is 12.8. The topological polar surface area (TPSA) is 80.3 Å². The van der Waals surface area contributed by atoms with Crippen molar-refractivity contribution in [1.82, 2.24) is 19.7 Å². The predicted octanol–water partition coefficient (Wildman–Crippen LogP) is 2.12. The first kappa shape index (κ1) is 17.1. The summed E-state index contributed by atoms with van der Waals surface area (Å²) in [5.41, 5.74) is 10.7. The molecule has 1 amide bonds. The lowest BCUT2D eigenvalue weighted by molar-refractivity contribution is 0.0746. The van der Waals surface area contributed by atoms with Gasteiger partial charge >= 0.3 is 0 Å². The van der Waals surface area contributed by atoms with E-state index in [4.69, 9.17) is 5.73 Å². The highest BCUT2D eigenvalue weighted by atomic mass is 16.2. The molecule has 1 fully saturated rings. The molecule has 0 unspecified atom stereocenters. The van der Waals surface area contributed by atoms with Crippen molar-refractivity contribution >= 4 is 17.3 Å². The Balaban J connectivity index is 1.45. The third-order valence-corrected chi connectivity index (χ3v) is 5.01. The molecule has 3 aromatic rings. The summed E-state index contributed by atoms with van der Waals surface area (Å²) in [6.45, 7) is 4.85. The van der Waals surface area contributed by atoms with Gasteiger partial charge in [-0.25, -0.2) is 0 Å². The Labute approximate surface area is 158 Å². The van der Waals surface area contributed by atoms with Crippen molar-refractivity contribution in [3.63, 3.8) is 0 Å². The summed E-state index contributed by atoms with van der Waals surface area (Å²) in [5, 5.41) is 7.64. The van der Waals surface area contributed by atoms with E-state index >= 15 is 0 Å². The molecule has 2 N–H and O–H groups in total. The lowest BCUT2D eigenvalue weighted by atomic mass is 10.1. The normalized spacial score (nSPS) is 14.4. The molecule has 138 valence electrons. The van der Waals surface area contributed by atoms with Crippen LogP contribution in [0.15, 0.2) is 55.1 Å². The SMILES string of the molecule is Cc1ccccc1C(=O)N1CCN(c2ccc(-n3cnnc3)cc2N)CC1. The number of nitrogens with two attached hydrogens (primary N) is 1. The molecule has 27 heavy (non-hydrogen) atoms. The molecule has 0 radical (unpaired) electrons. The fourth-order valence-electron chi connectivity index (χ4n) is 3.46. The van der Waals surface area contributed by atoms with Crippen LogP contribution in [0.4, 0.5) is 11.4 Å². The molecule has 7 nitrogen and oxygen atoms in total. The molecule has 0 bridgehead atoms. The number of aryl methyl sites for hydroxylation is 1. The van der Waals surface area contributed by atoms with Gasteiger partial charge in [-0.15, -0.1) is 10.2 Å². The summed E-state index contributed by atoms with van der Waals surface area (Å²) in [6, 6.07) is 13.7. The number of rotatable bonds is 3. The minimum absolute atomic E-state index is 0.101. The maximum absolute atomic E-state index is 12.8. The van der Waals surface area contributed by atoms with Crippen LogP contribution in [0.5, 0.6) is 0 Å². The number of benzene rings is 2. The second-order valence-electron chi connectivity index (χ2n) is 6.71. The first-order chi connectivity index (χ1) is 13.1. The molecular formula is C20H22N6O. The average molecular weight is 362 g/mol. The third-order valence-electron chi connectivity index (χ3n) is 5.01. The maximum Gasteiger partial charge on any atom is 0.254 e. The van der Waals surface area contributed by atoms with Crippen molar-refractivity contribution in [2.45, 2.75) is 6.92 Å². The van der Waals surface area contributed by atoms with E-state index in [0.717, 1.165) is 35.6 Å². The number of hydrogen-bond donors (Lipinski definition) is 1. The fraction of sp³-hybridized carbons (Fsp3) is 0.250. The number of carbonyl (C=O) groups is 1. The first-order valence-corrected chi connectivity index (χ1v) is 8.98. The zero-order valence-electron chi connectivity index (χ0n) is 15.2. The molecule has 1 aliphatic rings. The molecule has 2 heterocycles. The van der Waals surface area contributed by atoms with Crippen molar-refractivity contribution in [3.05, 3.63) is 66.2 Å². The van der Waals surface area contributed by atoms with E-state index in [1.54, 1.807) is 12.7 Å². The first-order valence-electron chi connectivity index (χ1n) is 8.98. The number of carbonyl (C=O) groups excluding carboxylic acids is 1. The number of anilines is 2. The summed E-state index contributed by atoms with van der Waals surface area (Å²) >= 11 is 0. The average Bonchev–Trinajstić information content (AvgIpc) is 3.23. The van der Waals surface area contributed by atoms with E-state index in [1.807, 2.05) is 58.9 Å². The van der Waals surface area contributed by atoms with Crippen molar-refractivity contribution in [1.29, 1.82) is 0 Å². The van der Waals surface area contributed by atoms with Gasteiger partial charge in [-0.05, 0) is 36.8 Å². The Morgan fingerprint density at radius 1 is 1.00 bits per heavy atom. The molecule has 0 saturated carbocycles. The second-order valence-corrected chi connectivity index (χ2v) is 6.71. The third kappa shape index (κ3) is 3.36. The van der Waals surface area contributed by atoms with E-state index in [0.29, 0.717) is 18.8 Å². The summed E-state index contributed by atoms with van der Waals surface area (Å²) in [6.07, 6.45) is 3.29. The number of piperazine rings is 1. The van der Waals surface area contributed by atoms with E-state index in [1.165, 1.54) is 0 Å². The van der Waals surface area contributed by atoms with Gasteiger partial charge in [0.15, 0.2) is 0 Å². The van der Waals surface area contributed by atoms with Crippen molar-refractivity contribution < 1.29 is 4.79 Å². The molecule has 1 aliphatic heterocycles. The van der Waals surface area contributed by atoms with E-state index in [-0.39, 0.29) is 5.91 Å². The highest BCUT2D eigenvalue weighted by molar-refractivity contribution is 5.95. The zero-order chi connectivity index (χ0) is 18.8. The fourth-order valence-corrected chi connectivity index (χ4v) is 3.46. The van der Waals surface area contributed by atoms with Crippen molar-refractivity contribution in [2.24, 2.45) is 0 Å². The Kier molecular flexibility index (Phi) is 4.50. The lowest BCUT2D eigenvalue weighted by Gasteiger charge is -2.37. The predicted molar refractivity (Wildman–Crippen MR) is 105 cm³/mol. The minimum atomic E-state index is 0.101. The van der Waals surface area contributed by atoms with Crippen LogP contribution in [-0.2, 0) is 0 Å². The Morgan fingerprint density at radius 3 is 2.37 bits per heavy atom. The number of nitrogen functional groups attached to an aromatic ring is 1. The monoisotopic (exact) mass is 362 g/mol. The van der Waals surface area contributed by atoms with Crippen LogP contribution in [0.1, 0.15) is 15.9 Å². The number of amides is 1. The number of nitrogens with zero attached hydrogens (tertiary/aromatic N) is 5. The van der Waals surface area contributed by atoms with Crippen molar-refractivity contribution in [2.75, 3.05) is 36.8 Å². The molecule has 4 rings (SSSR count). The van der Waals surface area contributed by atoms with Gasteiger partial charge in [0.25, 0.3) is 5.91 Å². The smallest absolute Gasteiger partial charge is 0.254 e. The molecule has 2 aromatic carbocycles. The Bertz CT molecular complexity index is 945. The van der Waals surface area contributed by atoms with Gasteiger partial charge in [0.1, 0.15) is 12.7 Å². The summed E-state index contributed by atoms with van der Waals surface area (Å²) in [5.74, 6) is 0.101. The van der Waals surface area contributed by atoms with Gasteiger partial charge in [0, 0.05) is 31.7 Å². The van der Waals surface area contributed by atoms with E-state index in [2.05, 4.69) is 15.1 Å². The lowest BCUT2D eigenvalue weighted by Crippen LogP contribution is -2.49. The zero-order valence-corrected chi connectivity index (χ0v) is 15.2. The van der Waals surface area contributed by atoms with Crippen LogP contribution in [0.25, 0.3) is 5.69 Å². The highest BCUT2D eigenvalue weighted by Crippen LogP contribution is 2.27. The van der Waals surface area contributed by atoms with Gasteiger partial charge in [-0.3, -0.25) is 9.36 Å². The molecule has 0 aliphatic carbocycles. The summed E-state index contributed by atoms with van der Waals surface area (Å²) < 4.78 is 1.82. The van der Waals surface area contributed by atoms with Crippen LogP contribution in [-0.4, -0.2) is 51.8 Å². The van der Waals surface area contributed by atoms with Gasteiger partial charge in [-0.1, -0.05) is 18.2 Å². The highest BCUT2D eigenvalue weighted by Gasteiger charge is 2.24. The molecule has 7 heteroatoms. The van der Waals surface area contributed by atoms with E-state index < -0.39 is 0 Å². The molecule has 0 spiro atoms.